The van der Waals surface area contributed by atoms with E-state index < -0.39 is 0 Å². The number of nitrogens with zero attached hydrogens (tertiary/aromatic N) is 2. The molecule has 0 saturated carbocycles. The van der Waals surface area contributed by atoms with Gasteiger partial charge < -0.3 is 0 Å². The Morgan fingerprint density at radius 3 is 2.80 bits per heavy atom. The predicted molar refractivity (Wildman–Crippen MR) is 87.7 cm³/mol. The maximum Gasteiger partial charge on any atom is 0.143 e. The minimum atomic E-state index is 0.207. The number of fused-ring (bicyclic) bond motifs is 1. The molecule has 3 rings (SSSR count). The number of aryl methyl sites for hydroxylation is 1. The van der Waals surface area contributed by atoms with Gasteiger partial charge in [0.2, 0.25) is 0 Å². The molecule has 1 aliphatic rings. The number of hydrogen-bond acceptors (Lipinski definition) is 3. The molecule has 0 atom stereocenters. The van der Waals surface area contributed by atoms with Crippen molar-refractivity contribution in [1.29, 1.82) is 0 Å². The molecule has 0 aliphatic carbocycles. The number of ketones is 1. The zero-order valence-electron chi connectivity index (χ0n) is 11.1. The molecule has 0 saturated heterocycles. The molecule has 20 heavy (non-hydrogen) atoms. The first kappa shape index (κ1) is 13.4. The summed E-state index contributed by atoms with van der Waals surface area (Å²) in [5.74, 6) is 0.207. The average Bonchev–Trinajstić information content (AvgIpc) is 2.56. The van der Waals surface area contributed by atoms with Crippen molar-refractivity contribution in [3.8, 4) is 0 Å². The largest absolute Gasteiger partial charge is 0.299 e. The fourth-order valence-corrected chi connectivity index (χ4v) is 2.90. The van der Waals surface area contributed by atoms with Gasteiger partial charge in [-0.15, -0.1) is 0 Å². The lowest BCUT2D eigenvalue weighted by molar-refractivity contribution is -0.117. The number of carbonyl (C=O) groups is 1. The van der Waals surface area contributed by atoms with Gasteiger partial charge >= 0.3 is 0 Å². The Morgan fingerprint density at radius 2 is 2.00 bits per heavy atom. The summed E-state index contributed by atoms with van der Waals surface area (Å²) in [6.07, 6.45) is 2.61. The second kappa shape index (κ2) is 5.44. The molecule has 100 valence electrons. The van der Waals surface area contributed by atoms with E-state index >= 15 is 0 Å². The Bertz CT molecular complexity index is 722. The number of hydrogen-bond donors (Lipinski definition) is 0. The number of halogens is 1. The van der Waals surface area contributed by atoms with Crippen LogP contribution in [-0.2, 0) is 11.2 Å². The normalized spacial score (nSPS) is 14.5. The van der Waals surface area contributed by atoms with Crippen LogP contribution in [0.1, 0.15) is 23.2 Å². The molecule has 1 aromatic carbocycles. The van der Waals surface area contributed by atoms with Crippen LogP contribution in [0.5, 0.6) is 0 Å². The number of carbonyl (C=O) groups excluding carboxylic acids is 1. The fourth-order valence-electron chi connectivity index (χ4n) is 2.34. The van der Waals surface area contributed by atoms with Crippen molar-refractivity contribution < 1.29 is 4.79 Å². The molecule has 0 radical (unpaired) electrons. The quantitative estimate of drug-likeness (QED) is 0.714. The number of Topliss-reactive ketones (excluding diaryl/α,β-unsaturated/α-hetero) is 1. The third kappa shape index (κ3) is 2.80. The first-order valence-electron chi connectivity index (χ1n) is 6.42. The van der Waals surface area contributed by atoms with Crippen molar-refractivity contribution in [1.82, 2.24) is 4.98 Å². The van der Waals surface area contributed by atoms with Crippen LogP contribution < -0.4 is 0 Å². The molecule has 0 unspecified atom stereocenters. The van der Waals surface area contributed by atoms with Crippen molar-refractivity contribution in [3.63, 3.8) is 0 Å². The zero-order valence-corrected chi connectivity index (χ0v) is 13.2. The lowest BCUT2D eigenvalue weighted by Gasteiger charge is -2.04. The highest BCUT2D eigenvalue weighted by Gasteiger charge is 2.18. The van der Waals surface area contributed by atoms with Gasteiger partial charge in [0.1, 0.15) is 5.78 Å². The third-order valence-corrected chi connectivity index (χ3v) is 3.95. The Balaban J connectivity index is 2.11. The smallest absolute Gasteiger partial charge is 0.143 e. The van der Waals surface area contributed by atoms with Crippen molar-refractivity contribution in [3.05, 3.63) is 56.9 Å². The number of benzene rings is 1. The molecule has 1 aromatic heterocycles. The Kier molecular flexibility index (Phi) is 3.65. The van der Waals surface area contributed by atoms with Crippen LogP contribution in [-0.4, -0.2) is 16.5 Å². The Labute approximate surface area is 131 Å². The average molecular weight is 376 g/mol. The van der Waals surface area contributed by atoms with Gasteiger partial charge in [0.05, 0.1) is 11.4 Å². The van der Waals surface area contributed by atoms with Gasteiger partial charge in [0, 0.05) is 28.3 Å². The first-order chi connectivity index (χ1) is 9.61. The topological polar surface area (TPSA) is 42.3 Å². The maximum atomic E-state index is 12.1. The van der Waals surface area contributed by atoms with Gasteiger partial charge in [-0.05, 0) is 71.0 Å². The molecule has 2 heterocycles. The van der Waals surface area contributed by atoms with Crippen molar-refractivity contribution in [2.75, 3.05) is 0 Å². The minimum Gasteiger partial charge on any atom is -0.299 e. The van der Waals surface area contributed by atoms with Gasteiger partial charge in [-0.1, -0.05) is 0 Å². The molecule has 0 N–H and O–H groups in total. The van der Waals surface area contributed by atoms with Crippen molar-refractivity contribution in [2.24, 2.45) is 4.99 Å². The maximum absolute atomic E-state index is 12.1. The van der Waals surface area contributed by atoms with E-state index in [1.807, 2.05) is 37.3 Å². The highest BCUT2D eigenvalue weighted by atomic mass is 127. The molecule has 0 amide bonds. The number of aromatic nitrogens is 1. The van der Waals surface area contributed by atoms with Crippen LogP contribution in [0.4, 0.5) is 5.69 Å². The van der Waals surface area contributed by atoms with Gasteiger partial charge in [-0.3, -0.25) is 14.8 Å². The molecule has 0 fully saturated rings. The van der Waals surface area contributed by atoms with Crippen LogP contribution in [0.2, 0.25) is 0 Å². The van der Waals surface area contributed by atoms with E-state index in [4.69, 9.17) is 4.99 Å². The van der Waals surface area contributed by atoms with Gasteiger partial charge in [-0.25, -0.2) is 0 Å². The number of aliphatic imine (C=N–C) groups is 1. The summed E-state index contributed by atoms with van der Waals surface area (Å²) in [5, 5.41) is 0. The van der Waals surface area contributed by atoms with E-state index in [-0.39, 0.29) is 5.78 Å². The van der Waals surface area contributed by atoms with Crippen LogP contribution in [0.25, 0.3) is 0 Å². The second-order valence-electron chi connectivity index (χ2n) is 4.91. The van der Waals surface area contributed by atoms with E-state index in [2.05, 4.69) is 27.6 Å². The molecular weight excluding hydrogens is 363 g/mol. The van der Waals surface area contributed by atoms with E-state index in [0.717, 1.165) is 31.8 Å². The van der Waals surface area contributed by atoms with Gasteiger partial charge in [-0.2, -0.15) is 0 Å². The van der Waals surface area contributed by atoms with Crippen LogP contribution in [0.15, 0.2) is 41.5 Å². The van der Waals surface area contributed by atoms with Crippen molar-refractivity contribution >= 4 is 39.8 Å². The summed E-state index contributed by atoms with van der Waals surface area (Å²) in [6, 6.07) is 9.94. The lowest BCUT2D eigenvalue weighted by Crippen LogP contribution is -2.09. The molecule has 0 spiro atoms. The third-order valence-electron chi connectivity index (χ3n) is 3.28. The van der Waals surface area contributed by atoms with Gasteiger partial charge in [0.15, 0.2) is 0 Å². The van der Waals surface area contributed by atoms with Gasteiger partial charge in [0.25, 0.3) is 0 Å². The molecular formula is C16H13IN2O. The van der Waals surface area contributed by atoms with Crippen LogP contribution in [0.3, 0.4) is 0 Å². The van der Waals surface area contributed by atoms with E-state index in [9.17, 15) is 4.79 Å². The summed E-state index contributed by atoms with van der Waals surface area (Å²) in [7, 11) is 0. The highest BCUT2D eigenvalue weighted by molar-refractivity contribution is 14.1. The molecule has 4 heteroatoms. The minimum absolute atomic E-state index is 0.207. The standard InChI is InChI=1S/C16H13IN2O/c1-10-6-11(4-5-18-10)16-9-14(20)8-12-7-13(17)2-3-15(12)19-16/h2-7H,8-9H2,1H3. The van der Waals surface area contributed by atoms with E-state index in [1.54, 1.807) is 6.20 Å². The summed E-state index contributed by atoms with van der Waals surface area (Å²) in [6.45, 7) is 1.94. The van der Waals surface area contributed by atoms with Crippen LogP contribution >= 0.6 is 22.6 Å². The number of pyridine rings is 1. The zero-order chi connectivity index (χ0) is 14.1. The van der Waals surface area contributed by atoms with E-state index in [1.165, 1.54) is 0 Å². The Morgan fingerprint density at radius 1 is 1.15 bits per heavy atom. The highest BCUT2D eigenvalue weighted by Crippen LogP contribution is 2.27. The summed E-state index contributed by atoms with van der Waals surface area (Å²) in [5.41, 5.74) is 4.67. The molecule has 1 aliphatic heterocycles. The second-order valence-corrected chi connectivity index (χ2v) is 6.16. The summed E-state index contributed by atoms with van der Waals surface area (Å²) in [4.78, 5) is 21.0. The molecule has 2 aromatic rings. The predicted octanol–water partition coefficient (Wildman–Crippen LogP) is 3.63. The SMILES string of the molecule is Cc1cc(C2=Nc3ccc(I)cc3CC(=O)C2)ccn1. The van der Waals surface area contributed by atoms with E-state index in [0.29, 0.717) is 12.8 Å². The summed E-state index contributed by atoms with van der Waals surface area (Å²) < 4.78 is 1.13. The van der Waals surface area contributed by atoms with Crippen molar-refractivity contribution in [2.45, 2.75) is 19.8 Å². The van der Waals surface area contributed by atoms with Crippen LogP contribution in [0, 0.1) is 10.5 Å². The first-order valence-corrected chi connectivity index (χ1v) is 7.50. The Hall–Kier alpha value is -1.56. The number of rotatable bonds is 1. The summed E-state index contributed by atoms with van der Waals surface area (Å²) >= 11 is 2.26. The fraction of sp³-hybridized carbons (Fsp3) is 0.188. The lowest BCUT2D eigenvalue weighted by atomic mass is 10.0. The monoisotopic (exact) mass is 376 g/mol. The molecule has 3 nitrogen and oxygen atoms in total. The molecule has 0 bridgehead atoms.